The minimum atomic E-state index is -0.758. The highest BCUT2D eigenvalue weighted by Gasteiger charge is 2.29. The van der Waals surface area contributed by atoms with Crippen molar-refractivity contribution in [3.63, 3.8) is 0 Å². The maximum absolute atomic E-state index is 12.9. The molecule has 2 N–H and O–H groups in total. The summed E-state index contributed by atoms with van der Waals surface area (Å²) in [7, 11) is 0. The molecule has 0 spiro atoms. The normalized spacial score (nSPS) is 12.0. The fourth-order valence-electron chi connectivity index (χ4n) is 3.24. The van der Waals surface area contributed by atoms with Crippen LogP contribution in [0.4, 0.5) is 0 Å². The lowest BCUT2D eigenvalue weighted by molar-refractivity contribution is -0.136. The Labute approximate surface area is 199 Å². The molecule has 1 unspecified atom stereocenters. The van der Waals surface area contributed by atoms with Gasteiger partial charge in [0, 0.05) is 5.56 Å². The number of carbonyl (C=O) groups is 3. The summed E-state index contributed by atoms with van der Waals surface area (Å²) < 4.78 is 11.1. The molecule has 0 saturated heterocycles. The minimum absolute atomic E-state index is 0.00528. The van der Waals surface area contributed by atoms with E-state index in [9.17, 15) is 14.4 Å². The van der Waals surface area contributed by atoms with E-state index in [2.05, 4.69) is 0 Å². The van der Waals surface area contributed by atoms with E-state index in [1.54, 1.807) is 0 Å². The molecule has 0 heterocycles. The van der Waals surface area contributed by atoms with Gasteiger partial charge >= 0.3 is 11.9 Å². The van der Waals surface area contributed by atoms with Crippen LogP contribution in [0, 0.1) is 5.41 Å². The number of carbonyl (C=O) groups excluding carboxylic acids is 3. The van der Waals surface area contributed by atoms with Crippen LogP contribution >= 0.6 is 0 Å². The van der Waals surface area contributed by atoms with Crippen LogP contribution in [0.5, 0.6) is 11.5 Å². The molecule has 0 fully saturated rings. The number of nitrogens with two attached hydrogens (primary N) is 1. The summed E-state index contributed by atoms with van der Waals surface area (Å²) in [5.41, 5.74) is 7.52. The van der Waals surface area contributed by atoms with E-state index in [0.717, 1.165) is 11.1 Å². The average Bonchev–Trinajstić information content (AvgIpc) is 2.80. The van der Waals surface area contributed by atoms with Gasteiger partial charge in [0.25, 0.3) is 0 Å². The number of hydrogen-bond acceptors (Lipinski definition) is 6. The van der Waals surface area contributed by atoms with Crippen LogP contribution in [0.2, 0.25) is 0 Å². The molecule has 0 amide bonds. The predicted molar refractivity (Wildman–Crippen MR) is 130 cm³/mol. The largest absolute Gasteiger partial charge is 0.422 e. The lowest BCUT2D eigenvalue weighted by Crippen LogP contribution is -2.42. The van der Waals surface area contributed by atoms with Crippen LogP contribution in [-0.2, 0) is 22.4 Å². The van der Waals surface area contributed by atoms with E-state index < -0.39 is 23.4 Å². The van der Waals surface area contributed by atoms with Gasteiger partial charge in [-0.05, 0) is 34.7 Å². The fourth-order valence-corrected chi connectivity index (χ4v) is 3.24. The lowest BCUT2D eigenvalue weighted by atomic mass is 9.83. The topological polar surface area (TPSA) is 95.7 Å². The monoisotopic (exact) mass is 459 g/mol. The molecular weight excluding hydrogens is 430 g/mol. The second-order valence-electron chi connectivity index (χ2n) is 9.14. The standard InChI is InChI=1S/C28H29NO5/c1-28(2,3)27(29)26(32)21-14-15-22(33-24(30)16-19-10-6-4-7-11-19)23(18-21)34-25(31)17-20-12-8-5-9-13-20/h4-15,18,27H,16-17,29H2,1-3H3. The van der Waals surface area contributed by atoms with Gasteiger partial charge in [-0.1, -0.05) is 81.4 Å². The van der Waals surface area contributed by atoms with Gasteiger partial charge in [0.15, 0.2) is 17.3 Å². The molecule has 0 saturated carbocycles. The Morgan fingerprint density at radius 3 is 1.68 bits per heavy atom. The zero-order valence-electron chi connectivity index (χ0n) is 19.6. The molecule has 176 valence electrons. The van der Waals surface area contributed by atoms with Crippen molar-refractivity contribution in [2.75, 3.05) is 0 Å². The maximum atomic E-state index is 12.9. The number of benzene rings is 3. The van der Waals surface area contributed by atoms with Gasteiger partial charge < -0.3 is 15.2 Å². The Hall–Kier alpha value is -3.77. The van der Waals surface area contributed by atoms with Crippen molar-refractivity contribution in [1.82, 2.24) is 0 Å². The highest BCUT2D eigenvalue weighted by molar-refractivity contribution is 6.01. The number of esters is 2. The number of ether oxygens (including phenoxy) is 2. The molecule has 34 heavy (non-hydrogen) atoms. The van der Waals surface area contributed by atoms with Crippen LogP contribution in [-0.4, -0.2) is 23.8 Å². The van der Waals surface area contributed by atoms with E-state index in [1.165, 1.54) is 18.2 Å². The third kappa shape index (κ3) is 6.86. The molecule has 0 aliphatic rings. The van der Waals surface area contributed by atoms with Crippen LogP contribution in [0.25, 0.3) is 0 Å². The zero-order valence-corrected chi connectivity index (χ0v) is 19.6. The molecule has 0 aromatic heterocycles. The number of Topliss-reactive ketones (excluding diaryl/α,β-unsaturated/α-hetero) is 1. The van der Waals surface area contributed by atoms with E-state index in [0.29, 0.717) is 0 Å². The van der Waals surface area contributed by atoms with Gasteiger partial charge in [-0.3, -0.25) is 14.4 Å². The summed E-state index contributed by atoms with van der Waals surface area (Å²) in [6, 6.07) is 21.9. The quantitative estimate of drug-likeness (QED) is 0.302. The SMILES string of the molecule is CC(C)(C)C(N)C(=O)c1ccc(OC(=O)Cc2ccccc2)c(OC(=O)Cc2ccccc2)c1. The summed E-state index contributed by atoms with van der Waals surface area (Å²) in [5, 5.41) is 0. The summed E-state index contributed by atoms with van der Waals surface area (Å²) in [6.45, 7) is 5.61. The molecule has 0 bridgehead atoms. The van der Waals surface area contributed by atoms with Crippen molar-refractivity contribution < 1.29 is 23.9 Å². The Morgan fingerprint density at radius 2 is 1.21 bits per heavy atom. The van der Waals surface area contributed by atoms with Gasteiger partial charge in [0.05, 0.1) is 18.9 Å². The van der Waals surface area contributed by atoms with Gasteiger partial charge in [-0.25, -0.2) is 0 Å². The minimum Gasteiger partial charge on any atom is -0.422 e. The number of ketones is 1. The van der Waals surface area contributed by atoms with Crippen molar-refractivity contribution in [3.8, 4) is 11.5 Å². The third-order valence-corrected chi connectivity index (χ3v) is 5.27. The number of rotatable bonds is 8. The second kappa shape index (κ2) is 10.9. The molecule has 1 atom stereocenters. The Bertz CT molecular complexity index is 1150. The molecule has 3 aromatic carbocycles. The molecule has 6 nitrogen and oxygen atoms in total. The molecule has 6 heteroatoms. The maximum Gasteiger partial charge on any atom is 0.315 e. The van der Waals surface area contributed by atoms with Crippen molar-refractivity contribution >= 4 is 17.7 Å². The van der Waals surface area contributed by atoms with Crippen molar-refractivity contribution in [2.24, 2.45) is 11.1 Å². The molecule has 3 rings (SSSR count). The van der Waals surface area contributed by atoms with Gasteiger partial charge in [-0.15, -0.1) is 0 Å². The zero-order chi connectivity index (χ0) is 24.7. The predicted octanol–water partition coefficient (Wildman–Crippen LogP) is 4.54. The van der Waals surface area contributed by atoms with Crippen molar-refractivity contribution in [1.29, 1.82) is 0 Å². The Balaban J connectivity index is 1.85. The first-order valence-electron chi connectivity index (χ1n) is 11.1. The second-order valence-corrected chi connectivity index (χ2v) is 9.14. The van der Waals surface area contributed by atoms with Crippen LogP contribution in [0.3, 0.4) is 0 Å². The highest BCUT2D eigenvalue weighted by Crippen LogP contribution is 2.31. The fraction of sp³-hybridized carbons (Fsp3) is 0.250. The first kappa shape index (κ1) is 24.9. The summed E-state index contributed by atoms with van der Waals surface area (Å²) >= 11 is 0. The van der Waals surface area contributed by atoms with Gasteiger partial charge in [-0.2, -0.15) is 0 Å². The third-order valence-electron chi connectivity index (χ3n) is 5.27. The summed E-state index contributed by atoms with van der Waals surface area (Å²) in [4.78, 5) is 38.1. The van der Waals surface area contributed by atoms with Crippen LogP contribution in [0.15, 0.2) is 78.9 Å². The average molecular weight is 460 g/mol. The van der Waals surface area contributed by atoms with Crippen molar-refractivity contribution in [2.45, 2.75) is 39.7 Å². The van der Waals surface area contributed by atoms with E-state index in [-0.39, 0.29) is 35.7 Å². The first-order valence-corrected chi connectivity index (χ1v) is 11.1. The van der Waals surface area contributed by atoms with E-state index in [4.69, 9.17) is 15.2 Å². The van der Waals surface area contributed by atoms with E-state index >= 15 is 0 Å². The first-order chi connectivity index (χ1) is 16.1. The Kier molecular flexibility index (Phi) is 7.97. The molecule has 0 aliphatic heterocycles. The van der Waals surface area contributed by atoms with Crippen molar-refractivity contribution in [3.05, 3.63) is 95.6 Å². The van der Waals surface area contributed by atoms with E-state index in [1.807, 2.05) is 81.4 Å². The van der Waals surface area contributed by atoms with Gasteiger partial charge in [0.1, 0.15) is 0 Å². The van der Waals surface area contributed by atoms with Crippen LogP contribution in [0.1, 0.15) is 42.3 Å². The smallest absolute Gasteiger partial charge is 0.315 e. The van der Waals surface area contributed by atoms with Gasteiger partial charge in [0.2, 0.25) is 0 Å². The lowest BCUT2D eigenvalue weighted by Gasteiger charge is -2.25. The highest BCUT2D eigenvalue weighted by atomic mass is 16.6. The summed E-state index contributed by atoms with van der Waals surface area (Å²) in [5.74, 6) is -1.30. The van der Waals surface area contributed by atoms with Crippen LogP contribution < -0.4 is 15.2 Å². The molecule has 0 aliphatic carbocycles. The summed E-state index contributed by atoms with van der Waals surface area (Å²) in [6.07, 6.45) is 0.0751. The molecule has 3 aromatic rings. The number of hydrogen-bond donors (Lipinski definition) is 1. The molecule has 0 radical (unpaired) electrons. The molecular formula is C28H29NO5. The Morgan fingerprint density at radius 1 is 0.735 bits per heavy atom.